The quantitative estimate of drug-likeness (QED) is 0.883. The lowest BCUT2D eigenvalue weighted by atomic mass is 10.3. The smallest absolute Gasteiger partial charge is 0.426 e. The molecule has 0 radical (unpaired) electrons. The van der Waals surface area contributed by atoms with Gasteiger partial charge in [-0.3, -0.25) is 0 Å². The van der Waals surface area contributed by atoms with E-state index in [0.29, 0.717) is 9.33 Å². The van der Waals surface area contributed by atoms with E-state index in [1.165, 1.54) is 24.3 Å². The summed E-state index contributed by atoms with van der Waals surface area (Å²) < 4.78 is 33.6. The molecule has 0 aliphatic carbocycles. The lowest BCUT2D eigenvalue weighted by Crippen LogP contribution is -2.43. The summed E-state index contributed by atoms with van der Waals surface area (Å²) in [6.07, 6.45) is -1.08. The monoisotopic (exact) mass is 307 g/mol. The highest BCUT2D eigenvalue weighted by Gasteiger charge is 2.43. The summed E-state index contributed by atoms with van der Waals surface area (Å²) in [4.78, 5) is 11.3. The minimum atomic E-state index is -4.38. The Morgan fingerprint density at radius 1 is 1.42 bits per heavy atom. The molecule has 1 heterocycles. The van der Waals surface area contributed by atoms with Crippen LogP contribution in [0.15, 0.2) is 24.3 Å². The van der Waals surface area contributed by atoms with Gasteiger partial charge >= 0.3 is 16.4 Å². The predicted octanol–water partition coefficient (Wildman–Crippen LogP) is 0.777. The number of hydrogen-bond acceptors (Lipinski definition) is 6. The first kappa shape index (κ1) is 13.9. The van der Waals surface area contributed by atoms with E-state index in [1.807, 2.05) is 0 Å². The van der Waals surface area contributed by atoms with Crippen LogP contribution in [0.3, 0.4) is 0 Å². The molecule has 19 heavy (non-hydrogen) atoms. The highest BCUT2D eigenvalue weighted by Crippen LogP contribution is 2.22. The molecule has 1 aliphatic rings. The third-order valence-electron chi connectivity index (χ3n) is 2.38. The van der Waals surface area contributed by atoms with Crippen LogP contribution in [-0.2, 0) is 15.0 Å². The Morgan fingerprint density at radius 3 is 2.63 bits per heavy atom. The zero-order valence-corrected chi connectivity index (χ0v) is 11.1. The molecule has 1 N–H and O–H groups in total. The molecule has 1 atom stereocenters. The molecule has 1 unspecified atom stereocenters. The van der Waals surface area contributed by atoms with Crippen LogP contribution in [0.25, 0.3) is 0 Å². The lowest BCUT2D eigenvalue weighted by Gasteiger charge is -2.18. The Labute approximate surface area is 114 Å². The third kappa shape index (κ3) is 2.91. The zero-order valence-electron chi connectivity index (χ0n) is 9.52. The fourth-order valence-electron chi connectivity index (χ4n) is 1.50. The molecule has 0 bridgehead atoms. The maximum Gasteiger partial charge on any atom is 0.426 e. The molecule has 104 valence electrons. The second-order valence-corrected chi connectivity index (χ2v) is 5.56. The summed E-state index contributed by atoms with van der Waals surface area (Å²) in [5, 5.41) is 9.42. The van der Waals surface area contributed by atoms with Crippen LogP contribution in [0.5, 0.6) is 5.75 Å². The zero-order chi connectivity index (χ0) is 14.0. The Bertz CT molecular complexity index is 572. The first-order valence-corrected chi connectivity index (χ1v) is 6.95. The molecule has 0 spiro atoms. The van der Waals surface area contributed by atoms with E-state index in [4.69, 9.17) is 20.9 Å². The van der Waals surface area contributed by atoms with Gasteiger partial charge < -0.3 is 14.0 Å². The third-order valence-corrected chi connectivity index (χ3v) is 3.96. The molecule has 1 aromatic carbocycles. The van der Waals surface area contributed by atoms with Crippen LogP contribution in [0.1, 0.15) is 0 Å². The number of cyclic esters (lactones) is 1. The molecule has 0 saturated carbocycles. The van der Waals surface area contributed by atoms with Gasteiger partial charge in [-0.15, -0.1) is 0 Å². The summed E-state index contributed by atoms with van der Waals surface area (Å²) in [6, 6.07) is 4.59. The van der Waals surface area contributed by atoms with Gasteiger partial charge in [0, 0.05) is 5.02 Å². The Kier molecular flexibility index (Phi) is 3.83. The SMILES string of the molecule is O=C1OCC(CO)N1S(=O)(=O)Oc1ccc(Cl)cc1. The Balaban J connectivity index is 2.22. The van der Waals surface area contributed by atoms with Crippen LogP contribution in [0.4, 0.5) is 4.79 Å². The van der Waals surface area contributed by atoms with Crippen molar-refractivity contribution in [3.63, 3.8) is 0 Å². The summed E-state index contributed by atoms with van der Waals surface area (Å²) >= 11 is 5.66. The maximum absolute atomic E-state index is 11.9. The van der Waals surface area contributed by atoms with E-state index < -0.39 is 29.0 Å². The van der Waals surface area contributed by atoms with E-state index in [9.17, 15) is 13.2 Å². The van der Waals surface area contributed by atoms with Gasteiger partial charge in [-0.2, -0.15) is 12.7 Å². The first-order chi connectivity index (χ1) is 8.94. The molecule has 7 nitrogen and oxygen atoms in total. The molecule has 9 heteroatoms. The number of carbonyl (C=O) groups is 1. The highest BCUT2D eigenvalue weighted by atomic mass is 35.5. The number of ether oxygens (including phenoxy) is 1. The second-order valence-electron chi connectivity index (χ2n) is 3.70. The number of hydrogen-bond donors (Lipinski definition) is 1. The summed E-state index contributed by atoms with van der Waals surface area (Å²) in [5.41, 5.74) is 0. The van der Waals surface area contributed by atoms with Gasteiger partial charge in [-0.05, 0) is 24.3 Å². The van der Waals surface area contributed by atoms with Gasteiger partial charge in [0.25, 0.3) is 0 Å². The summed E-state index contributed by atoms with van der Waals surface area (Å²) in [7, 11) is -4.38. The highest BCUT2D eigenvalue weighted by molar-refractivity contribution is 7.85. The van der Waals surface area contributed by atoms with Crippen LogP contribution in [0, 0.1) is 0 Å². The number of amides is 1. The fourth-order valence-corrected chi connectivity index (χ4v) is 2.79. The Hall–Kier alpha value is -1.51. The van der Waals surface area contributed by atoms with Gasteiger partial charge in [0.2, 0.25) is 0 Å². The van der Waals surface area contributed by atoms with Crippen LogP contribution < -0.4 is 4.18 Å². The van der Waals surface area contributed by atoms with E-state index in [-0.39, 0.29) is 12.4 Å². The van der Waals surface area contributed by atoms with Crippen molar-refractivity contribution in [2.24, 2.45) is 0 Å². The topological polar surface area (TPSA) is 93.1 Å². The largest absolute Gasteiger partial charge is 0.446 e. The number of aliphatic hydroxyl groups excluding tert-OH is 1. The molecule has 1 saturated heterocycles. The maximum atomic E-state index is 11.9. The minimum Gasteiger partial charge on any atom is -0.446 e. The lowest BCUT2D eigenvalue weighted by molar-refractivity contribution is 0.168. The van der Waals surface area contributed by atoms with Gasteiger partial charge in [0.15, 0.2) is 0 Å². The van der Waals surface area contributed by atoms with Gasteiger partial charge in [-0.25, -0.2) is 4.79 Å². The molecule has 1 aliphatic heterocycles. The van der Waals surface area contributed by atoms with E-state index in [2.05, 4.69) is 4.74 Å². The molecular formula is C10H10ClNO6S. The van der Waals surface area contributed by atoms with Crippen molar-refractivity contribution in [3.05, 3.63) is 29.3 Å². The van der Waals surface area contributed by atoms with Crippen molar-refractivity contribution in [1.82, 2.24) is 4.31 Å². The summed E-state index contributed by atoms with van der Waals surface area (Å²) in [5.74, 6) is 0.000731. The van der Waals surface area contributed by atoms with Crippen LogP contribution in [0.2, 0.25) is 5.02 Å². The minimum absolute atomic E-state index is 0.000731. The summed E-state index contributed by atoms with van der Waals surface area (Å²) in [6.45, 7) is -0.756. The average molecular weight is 308 g/mol. The fraction of sp³-hybridized carbons (Fsp3) is 0.300. The van der Waals surface area contributed by atoms with Crippen molar-refractivity contribution in [2.75, 3.05) is 13.2 Å². The number of aliphatic hydroxyl groups is 1. The average Bonchev–Trinajstić information content (AvgIpc) is 2.74. The molecule has 2 rings (SSSR count). The number of halogens is 1. The standard InChI is InChI=1S/C10H10ClNO6S/c11-7-1-3-9(4-2-7)18-19(15,16)12-8(5-13)6-17-10(12)14/h1-4,8,13H,5-6H2. The van der Waals surface area contributed by atoms with Gasteiger partial charge in [-0.1, -0.05) is 11.6 Å². The normalized spacial score (nSPS) is 19.4. The number of nitrogens with zero attached hydrogens (tertiary/aromatic N) is 1. The van der Waals surface area contributed by atoms with Crippen molar-refractivity contribution in [3.8, 4) is 5.75 Å². The van der Waals surface area contributed by atoms with Crippen LogP contribution >= 0.6 is 11.6 Å². The molecular weight excluding hydrogens is 298 g/mol. The number of benzene rings is 1. The van der Waals surface area contributed by atoms with Crippen LogP contribution in [-0.4, -0.2) is 43.2 Å². The van der Waals surface area contributed by atoms with Crippen molar-refractivity contribution in [2.45, 2.75) is 6.04 Å². The van der Waals surface area contributed by atoms with Crippen molar-refractivity contribution >= 4 is 28.0 Å². The van der Waals surface area contributed by atoms with Crippen molar-refractivity contribution in [1.29, 1.82) is 0 Å². The number of rotatable bonds is 4. The number of carbonyl (C=O) groups excluding carboxylic acids is 1. The second kappa shape index (κ2) is 5.24. The molecule has 1 amide bonds. The van der Waals surface area contributed by atoms with E-state index >= 15 is 0 Å². The van der Waals surface area contributed by atoms with E-state index in [1.54, 1.807) is 0 Å². The predicted molar refractivity (Wildman–Crippen MR) is 65.1 cm³/mol. The van der Waals surface area contributed by atoms with Gasteiger partial charge in [0.1, 0.15) is 18.4 Å². The van der Waals surface area contributed by atoms with E-state index in [0.717, 1.165) is 0 Å². The van der Waals surface area contributed by atoms with Crippen molar-refractivity contribution < 1.29 is 27.2 Å². The molecule has 1 aromatic rings. The van der Waals surface area contributed by atoms with Gasteiger partial charge in [0.05, 0.1) is 6.61 Å². The molecule has 0 aromatic heterocycles. The Morgan fingerprint density at radius 2 is 2.05 bits per heavy atom. The first-order valence-electron chi connectivity index (χ1n) is 5.21. The molecule has 1 fully saturated rings.